The normalized spacial score (nSPS) is 10.3. The van der Waals surface area contributed by atoms with Gasteiger partial charge in [-0.1, -0.05) is 73.5 Å². The molecule has 0 unspecified atom stereocenters. The molecular formula is C21H24O3. The average molecular weight is 324 g/mol. The van der Waals surface area contributed by atoms with Crippen molar-refractivity contribution >= 4 is 11.8 Å². The van der Waals surface area contributed by atoms with E-state index in [0.717, 1.165) is 37.7 Å². The van der Waals surface area contributed by atoms with Gasteiger partial charge >= 0.3 is 5.97 Å². The van der Waals surface area contributed by atoms with Crippen LogP contribution in [0.5, 0.6) is 0 Å². The molecule has 0 N–H and O–H groups in total. The van der Waals surface area contributed by atoms with Crippen molar-refractivity contribution in [3.8, 4) is 0 Å². The van der Waals surface area contributed by atoms with E-state index in [1.54, 1.807) is 0 Å². The number of carbonyl (C=O) groups is 2. The van der Waals surface area contributed by atoms with Crippen LogP contribution in [0.15, 0.2) is 60.7 Å². The minimum atomic E-state index is -0.719. The lowest BCUT2D eigenvalue weighted by Crippen LogP contribution is -2.17. The molecule has 0 aromatic heterocycles. The molecule has 0 amide bonds. The molecule has 0 fully saturated rings. The summed E-state index contributed by atoms with van der Waals surface area (Å²) in [6, 6.07) is 19.8. The summed E-state index contributed by atoms with van der Waals surface area (Å²) in [5.74, 6) is -1.14. The van der Waals surface area contributed by atoms with E-state index in [1.807, 2.05) is 36.4 Å². The predicted octanol–water partition coefficient (Wildman–Crippen LogP) is 4.49. The molecule has 0 aliphatic heterocycles. The Labute approximate surface area is 143 Å². The van der Waals surface area contributed by atoms with Crippen LogP contribution in [0, 0.1) is 0 Å². The van der Waals surface area contributed by atoms with Crippen molar-refractivity contribution in [2.45, 2.75) is 45.1 Å². The Morgan fingerprint density at radius 2 is 1.29 bits per heavy atom. The highest BCUT2D eigenvalue weighted by Crippen LogP contribution is 2.09. The van der Waals surface area contributed by atoms with Gasteiger partial charge in [0.1, 0.15) is 6.61 Å². The first-order valence-electron chi connectivity index (χ1n) is 8.53. The molecule has 2 aromatic rings. The Hall–Kier alpha value is -2.42. The number of benzene rings is 2. The SMILES string of the molecule is O=C(CCCCCCc1ccccc1)C(=O)OCc1ccccc1. The Bertz CT molecular complexity index is 620. The number of hydrogen-bond acceptors (Lipinski definition) is 3. The molecule has 126 valence electrons. The van der Waals surface area contributed by atoms with Gasteiger partial charge in [0.05, 0.1) is 0 Å². The highest BCUT2D eigenvalue weighted by molar-refractivity contribution is 6.33. The van der Waals surface area contributed by atoms with Gasteiger partial charge in [0.25, 0.3) is 0 Å². The first-order valence-corrected chi connectivity index (χ1v) is 8.53. The van der Waals surface area contributed by atoms with E-state index < -0.39 is 11.8 Å². The van der Waals surface area contributed by atoms with Crippen LogP contribution in [0.4, 0.5) is 0 Å². The van der Waals surface area contributed by atoms with Crippen LogP contribution >= 0.6 is 0 Å². The van der Waals surface area contributed by atoms with Crippen molar-refractivity contribution in [1.82, 2.24) is 0 Å². The molecule has 0 saturated heterocycles. The Morgan fingerprint density at radius 3 is 1.96 bits per heavy atom. The van der Waals surface area contributed by atoms with Crippen molar-refractivity contribution < 1.29 is 14.3 Å². The summed E-state index contributed by atoms with van der Waals surface area (Å²) in [7, 11) is 0. The fourth-order valence-electron chi connectivity index (χ4n) is 2.52. The number of aryl methyl sites for hydroxylation is 1. The quantitative estimate of drug-likeness (QED) is 0.367. The second kappa shape index (κ2) is 10.4. The fourth-order valence-corrected chi connectivity index (χ4v) is 2.52. The van der Waals surface area contributed by atoms with E-state index in [0.29, 0.717) is 0 Å². The molecule has 0 aliphatic carbocycles. The van der Waals surface area contributed by atoms with Gasteiger partial charge in [-0.25, -0.2) is 4.79 Å². The lowest BCUT2D eigenvalue weighted by atomic mass is 10.0. The van der Waals surface area contributed by atoms with Crippen LogP contribution in [0.25, 0.3) is 0 Å². The summed E-state index contributed by atoms with van der Waals surface area (Å²) in [4.78, 5) is 23.4. The van der Waals surface area contributed by atoms with Crippen LogP contribution in [0.2, 0.25) is 0 Å². The Kier molecular flexibility index (Phi) is 7.75. The smallest absolute Gasteiger partial charge is 0.374 e. The van der Waals surface area contributed by atoms with E-state index in [4.69, 9.17) is 4.74 Å². The zero-order valence-corrected chi connectivity index (χ0v) is 13.9. The van der Waals surface area contributed by atoms with E-state index in [9.17, 15) is 9.59 Å². The van der Waals surface area contributed by atoms with Gasteiger partial charge in [-0.2, -0.15) is 0 Å². The third-order valence-corrected chi connectivity index (χ3v) is 3.90. The van der Waals surface area contributed by atoms with Gasteiger partial charge in [-0.3, -0.25) is 4.79 Å². The molecule has 2 rings (SSSR count). The van der Waals surface area contributed by atoms with Crippen molar-refractivity contribution in [1.29, 1.82) is 0 Å². The minimum Gasteiger partial charge on any atom is -0.455 e. The summed E-state index contributed by atoms with van der Waals surface area (Å²) in [5, 5.41) is 0. The van der Waals surface area contributed by atoms with Crippen molar-refractivity contribution in [2.75, 3.05) is 0 Å². The summed E-state index contributed by atoms with van der Waals surface area (Å²) in [6.07, 6.45) is 5.23. The number of ketones is 1. The van der Waals surface area contributed by atoms with E-state index >= 15 is 0 Å². The number of Topliss-reactive ketones (excluding diaryl/α,β-unsaturated/α-hetero) is 1. The summed E-state index contributed by atoms with van der Waals surface area (Å²) in [5.41, 5.74) is 2.23. The Morgan fingerprint density at radius 1 is 0.708 bits per heavy atom. The van der Waals surface area contributed by atoms with Gasteiger partial charge < -0.3 is 4.74 Å². The van der Waals surface area contributed by atoms with Gasteiger partial charge in [0, 0.05) is 6.42 Å². The minimum absolute atomic E-state index is 0.155. The standard InChI is InChI=1S/C21H24O3/c22-20(21(23)24-17-19-14-8-4-9-15-19)16-10-2-1-5-11-18-12-6-3-7-13-18/h3-4,6-9,12-15H,1-2,5,10-11,16-17H2. The molecule has 3 nitrogen and oxygen atoms in total. The number of carbonyl (C=O) groups excluding carboxylic acids is 2. The first kappa shape index (κ1) is 17.9. The third-order valence-electron chi connectivity index (χ3n) is 3.90. The maximum atomic E-state index is 11.7. The number of rotatable bonds is 10. The van der Waals surface area contributed by atoms with Crippen molar-refractivity contribution in [3.63, 3.8) is 0 Å². The molecule has 2 aromatic carbocycles. The first-order chi connectivity index (χ1) is 11.8. The van der Waals surface area contributed by atoms with E-state index in [1.165, 1.54) is 5.56 Å². The van der Waals surface area contributed by atoms with Crippen molar-refractivity contribution in [2.24, 2.45) is 0 Å². The summed E-state index contributed by atoms with van der Waals surface area (Å²) >= 11 is 0. The summed E-state index contributed by atoms with van der Waals surface area (Å²) in [6.45, 7) is 0.155. The zero-order valence-electron chi connectivity index (χ0n) is 13.9. The molecule has 0 bridgehead atoms. The molecule has 0 atom stereocenters. The molecule has 0 heterocycles. The summed E-state index contributed by atoms with van der Waals surface area (Å²) < 4.78 is 5.04. The van der Waals surface area contributed by atoms with E-state index in [-0.39, 0.29) is 13.0 Å². The molecule has 0 radical (unpaired) electrons. The van der Waals surface area contributed by atoms with Crippen LogP contribution in [-0.2, 0) is 27.4 Å². The van der Waals surface area contributed by atoms with Crippen LogP contribution in [0.1, 0.15) is 43.2 Å². The average Bonchev–Trinajstić information content (AvgIpc) is 2.64. The van der Waals surface area contributed by atoms with Gasteiger partial charge in [-0.05, 0) is 30.4 Å². The van der Waals surface area contributed by atoms with E-state index in [2.05, 4.69) is 24.3 Å². The monoisotopic (exact) mass is 324 g/mol. The zero-order chi connectivity index (χ0) is 17.0. The fraction of sp³-hybridized carbons (Fsp3) is 0.333. The second-order valence-electron chi connectivity index (χ2n) is 5.88. The lowest BCUT2D eigenvalue weighted by Gasteiger charge is -2.04. The maximum Gasteiger partial charge on any atom is 0.374 e. The number of esters is 1. The van der Waals surface area contributed by atoms with Gasteiger partial charge in [0.2, 0.25) is 5.78 Å². The van der Waals surface area contributed by atoms with Crippen molar-refractivity contribution in [3.05, 3.63) is 71.8 Å². The molecule has 0 saturated carbocycles. The largest absolute Gasteiger partial charge is 0.455 e. The molecule has 24 heavy (non-hydrogen) atoms. The van der Waals surface area contributed by atoms with Gasteiger partial charge in [-0.15, -0.1) is 0 Å². The maximum absolute atomic E-state index is 11.7. The van der Waals surface area contributed by atoms with Crippen LogP contribution in [-0.4, -0.2) is 11.8 Å². The topological polar surface area (TPSA) is 43.4 Å². The van der Waals surface area contributed by atoms with Crippen LogP contribution < -0.4 is 0 Å². The predicted molar refractivity (Wildman–Crippen MR) is 94.5 cm³/mol. The molecule has 3 heteroatoms. The van der Waals surface area contributed by atoms with Crippen LogP contribution in [0.3, 0.4) is 0 Å². The second-order valence-corrected chi connectivity index (χ2v) is 5.88. The highest BCUT2D eigenvalue weighted by atomic mass is 16.5. The highest BCUT2D eigenvalue weighted by Gasteiger charge is 2.14. The number of ether oxygens (including phenoxy) is 1. The number of hydrogen-bond donors (Lipinski definition) is 0. The Balaban J connectivity index is 1.53. The molecule has 0 aliphatic rings. The third kappa shape index (κ3) is 6.78. The number of unbranched alkanes of at least 4 members (excludes halogenated alkanes) is 3. The molecular weight excluding hydrogens is 300 g/mol. The van der Waals surface area contributed by atoms with Gasteiger partial charge in [0.15, 0.2) is 0 Å². The molecule has 0 spiro atoms. The lowest BCUT2D eigenvalue weighted by molar-refractivity contribution is -0.154.